The monoisotopic (exact) mass is 654 g/mol. The molecule has 2 aliphatic carbocycles. The minimum absolute atomic E-state index is 0.0739. The lowest BCUT2D eigenvalue weighted by molar-refractivity contribution is -0.138. The highest BCUT2D eigenvalue weighted by Crippen LogP contribution is 2.64. The van der Waals surface area contributed by atoms with Crippen molar-refractivity contribution in [3.63, 3.8) is 0 Å². The molecule has 5 amide bonds. The first kappa shape index (κ1) is 30.7. The molecule has 10 nitrogen and oxygen atoms in total. The van der Waals surface area contributed by atoms with Gasteiger partial charge < -0.3 is 14.6 Å². The van der Waals surface area contributed by atoms with Crippen molar-refractivity contribution in [2.45, 2.75) is 31.1 Å². The summed E-state index contributed by atoms with van der Waals surface area (Å²) >= 11 is 6.34. The van der Waals surface area contributed by atoms with Gasteiger partial charge in [0.25, 0.3) is 0 Å². The largest absolute Gasteiger partial charge is 0.504 e. The van der Waals surface area contributed by atoms with Gasteiger partial charge in [0.15, 0.2) is 11.5 Å². The van der Waals surface area contributed by atoms with Crippen molar-refractivity contribution in [3.05, 3.63) is 101 Å². The van der Waals surface area contributed by atoms with Gasteiger partial charge in [-0.2, -0.15) is 4.90 Å². The zero-order valence-corrected chi connectivity index (χ0v) is 26.3. The third kappa shape index (κ3) is 4.34. The number of allylic oxidation sites excluding steroid dienone is 2. The van der Waals surface area contributed by atoms with Gasteiger partial charge in [-0.1, -0.05) is 65.7 Å². The van der Waals surface area contributed by atoms with Gasteiger partial charge in [0, 0.05) is 10.9 Å². The number of anilines is 1. The molecule has 0 aromatic heterocycles. The van der Waals surface area contributed by atoms with Gasteiger partial charge in [-0.05, 0) is 67.1 Å². The number of hydrogen-bond acceptors (Lipinski definition) is 8. The summed E-state index contributed by atoms with van der Waals surface area (Å²) in [7, 11) is 1.10. The van der Waals surface area contributed by atoms with Crippen molar-refractivity contribution < 1.29 is 38.6 Å². The minimum atomic E-state index is -1.48. The molecule has 1 N–H and O–H groups in total. The molecule has 3 fully saturated rings. The molecule has 240 valence electrons. The first-order valence-corrected chi connectivity index (χ1v) is 15.8. The van der Waals surface area contributed by atoms with E-state index in [4.69, 9.17) is 21.1 Å². The summed E-state index contributed by atoms with van der Waals surface area (Å²) in [5, 5.41) is 11.0. The van der Waals surface area contributed by atoms with Crippen molar-refractivity contribution in [1.82, 2.24) is 4.90 Å². The fraction of sp³-hybridized carbons (Fsp3) is 0.306. The lowest BCUT2D eigenvalue weighted by Gasteiger charge is -2.50. The molecule has 11 heteroatoms. The van der Waals surface area contributed by atoms with E-state index in [1.54, 1.807) is 43.3 Å². The van der Waals surface area contributed by atoms with E-state index in [0.29, 0.717) is 32.3 Å². The number of methoxy groups -OCH3 is 1. The van der Waals surface area contributed by atoms with E-state index in [9.17, 15) is 24.3 Å². The summed E-state index contributed by atoms with van der Waals surface area (Å²) in [6, 6.07) is 20.5. The van der Waals surface area contributed by atoms with E-state index in [1.807, 2.05) is 36.4 Å². The minimum Gasteiger partial charge on any atom is -0.504 e. The van der Waals surface area contributed by atoms with Gasteiger partial charge in [-0.15, -0.1) is 0 Å². The van der Waals surface area contributed by atoms with Gasteiger partial charge in [-0.3, -0.25) is 19.2 Å². The zero-order chi connectivity index (χ0) is 33.2. The smallest absolute Gasteiger partial charge is 0.423 e. The molecule has 2 saturated heterocycles. The van der Waals surface area contributed by atoms with Crippen molar-refractivity contribution in [1.29, 1.82) is 0 Å². The van der Waals surface area contributed by atoms with E-state index in [-0.39, 0.29) is 30.9 Å². The Kier molecular flexibility index (Phi) is 7.43. The number of halogens is 1. The topological polar surface area (TPSA) is 131 Å². The summed E-state index contributed by atoms with van der Waals surface area (Å²) in [6.07, 6.45) is 1.05. The quantitative estimate of drug-likeness (QED) is 0.287. The second kappa shape index (κ2) is 11.4. The summed E-state index contributed by atoms with van der Waals surface area (Å²) < 4.78 is 10.5. The molecule has 2 heterocycles. The number of fused-ring (bicyclic) bond motifs is 4. The Morgan fingerprint density at radius 1 is 0.957 bits per heavy atom. The number of carbonyl (C=O) groups is 5. The van der Waals surface area contributed by atoms with Gasteiger partial charge in [0.05, 0.1) is 42.6 Å². The summed E-state index contributed by atoms with van der Waals surface area (Å²) in [5.41, 5.74) is 0.738. The number of imide groups is 4. The second-order valence-corrected chi connectivity index (χ2v) is 12.7. The van der Waals surface area contributed by atoms with Crippen molar-refractivity contribution in [2.75, 3.05) is 18.6 Å². The van der Waals surface area contributed by atoms with E-state index in [2.05, 4.69) is 0 Å². The Morgan fingerprint density at radius 3 is 2.43 bits per heavy atom. The number of carbonyl (C=O) groups excluding carboxylic acids is 5. The highest BCUT2D eigenvalue weighted by Gasteiger charge is 2.70. The molecule has 0 spiro atoms. The normalized spacial score (nSPS) is 28.1. The van der Waals surface area contributed by atoms with Crippen LogP contribution in [0.2, 0.25) is 5.02 Å². The third-order valence-corrected chi connectivity index (χ3v) is 10.4. The number of benzene rings is 3. The number of hydrogen-bond donors (Lipinski definition) is 1. The SMILES string of the molecule is CCOc1cc([C@H]2C3=CC[C@@H]4C(=O)N(C(=O)OC)C(=O)[C@@H]4[C@@H]3C[C@H]3C(=O)N(c4cccc(Cl)c4)C(=O)[C@@]23c2ccccc2)ccc1O. The molecule has 4 aliphatic rings. The van der Waals surface area contributed by atoms with Crippen LogP contribution in [0.3, 0.4) is 0 Å². The summed E-state index contributed by atoms with van der Waals surface area (Å²) in [6.45, 7) is 2.05. The molecule has 47 heavy (non-hydrogen) atoms. The Morgan fingerprint density at radius 2 is 1.72 bits per heavy atom. The van der Waals surface area contributed by atoms with Crippen molar-refractivity contribution in [3.8, 4) is 11.5 Å². The van der Waals surface area contributed by atoms with Crippen LogP contribution < -0.4 is 9.64 Å². The maximum absolute atomic E-state index is 15.2. The molecule has 3 aromatic rings. The van der Waals surface area contributed by atoms with Crippen molar-refractivity contribution in [2.24, 2.45) is 23.7 Å². The fourth-order valence-electron chi connectivity index (χ4n) is 8.37. The van der Waals surface area contributed by atoms with Crippen LogP contribution in [0.1, 0.15) is 36.8 Å². The van der Waals surface area contributed by atoms with E-state index in [1.165, 1.54) is 11.0 Å². The standard InChI is InChI=1S/C36H31ClN2O8/c1-3-47-28-16-19(12-15-27(28)40)30-23-13-14-24-29(33(43)39(31(24)41)35(45)46-2)25(23)18-26-32(42)38(22-11-7-10-21(37)17-22)34(44)36(26,30)20-8-5-4-6-9-20/h4-13,15-17,24-26,29-30,40H,3,14,18H2,1-2H3/t24-,25+,26-,29-,30-,36+/m0/s1. The molecule has 1 saturated carbocycles. The molecule has 0 unspecified atom stereocenters. The Balaban J connectivity index is 1.50. The number of phenolic OH excluding ortho intramolecular Hbond substituents is 1. The van der Waals surface area contributed by atoms with Crippen LogP contribution in [0.15, 0.2) is 84.4 Å². The van der Waals surface area contributed by atoms with Crippen molar-refractivity contribution >= 4 is 47.0 Å². The van der Waals surface area contributed by atoms with E-state index < -0.39 is 64.7 Å². The van der Waals surface area contributed by atoms with Crippen LogP contribution in [0, 0.1) is 23.7 Å². The number of ether oxygens (including phenoxy) is 2. The zero-order valence-electron chi connectivity index (χ0n) is 25.6. The van der Waals surface area contributed by atoms with Crippen LogP contribution in [-0.2, 0) is 29.3 Å². The lowest BCUT2D eigenvalue weighted by atomic mass is 9.49. The van der Waals surface area contributed by atoms with Crippen LogP contribution in [0.5, 0.6) is 11.5 Å². The number of aromatic hydroxyl groups is 1. The molecule has 3 aromatic carbocycles. The fourth-order valence-corrected chi connectivity index (χ4v) is 8.56. The highest BCUT2D eigenvalue weighted by molar-refractivity contribution is 6.32. The predicted octanol–water partition coefficient (Wildman–Crippen LogP) is 5.37. The Hall–Kier alpha value is -4.96. The van der Waals surface area contributed by atoms with Gasteiger partial charge in [0.2, 0.25) is 23.6 Å². The second-order valence-electron chi connectivity index (χ2n) is 12.2. The van der Waals surface area contributed by atoms with Crippen LogP contribution in [-0.4, -0.2) is 53.4 Å². The summed E-state index contributed by atoms with van der Waals surface area (Å²) in [5.74, 6) is -6.34. The van der Waals surface area contributed by atoms with Crippen LogP contribution >= 0.6 is 11.6 Å². The number of likely N-dealkylation sites (tertiary alicyclic amines) is 1. The maximum atomic E-state index is 15.2. The number of phenols is 1. The molecular formula is C36H31ClN2O8. The number of rotatable bonds is 5. The van der Waals surface area contributed by atoms with Gasteiger partial charge >= 0.3 is 6.09 Å². The van der Waals surface area contributed by atoms with Crippen LogP contribution in [0.4, 0.5) is 10.5 Å². The first-order valence-electron chi connectivity index (χ1n) is 15.5. The molecule has 0 radical (unpaired) electrons. The highest BCUT2D eigenvalue weighted by atomic mass is 35.5. The Bertz CT molecular complexity index is 1880. The number of nitrogens with zero attached hydrogens (tertiary/aromatic N) is 2. The maximum Gasteiger partial charge on any atom is 0.423 e. The predicted molar refractivity (Wildman–Crippen MR) is 170 cm³/mol. The van der Waals surface area contributed by atoms with E-state index >= 15 is 4.79 Å². The first-order chi connectivity index (χ1) is 22.6. The van der Waals surface area contributed by atoms with E-state index in [0.717, 1.165) is 7.11 Å². The molecule has 7 rings (SSSR count). The molecule has 2 aliphatic heterocycles. The number of amides is 5. The van der Waals surface area contributed by atoms with Crippen LogP contribution in [0.25, 0.3) is 0 Å². The van der Waals surface area contributed by atoms with Gasteiger partial charge in [-0.25, -0.2) is 9.69 Å². The average molecular weight is 655 g/mol. The molecular weight excluding hydrogens is 624 g/mol. The third-order valence-electron chi connectivity index (χ3n) is 10.1. The summed E-state index contributed by atoms with van der Waals surface area (Å²) in [4.78, 5) is 71.6. The van der Waals surface area contributed by atoms with Gasteiger partial charge in [0.1, 0.15) is 0 Å². The molecule has 6 atom stereocenters. The Labute approximate surface area is 275 Å². The average Bonchev–Trinajstić information content (AvgIpc) is 3.46. The molecule has 0 bridgehead atoms. The lowest BCUT2D eigenvalue weighted by Crippen LogP contribution is -2.53.